The molecular weight excluding hydrogens is 1080 g/mol. The molecule has 0 unspecified atom stereocenters. The summed E-state index contributed by atoms with van der Waals surface area (Å²) in [6.07, 6.45) is 0. The Kier molecular flexibility index (Phi) is 8.37. The average Bonchev–Trinajstić information content (AvgIpc) is 1.69. The largest absolute Gasteiger partial charge is 0.311 e. The van der Waals surface area contributed by atoms with E-state index in [0.717, 1.165) is 38.4 Å². The molecule has 2 aliphatic rings. The van der Waals surface area contributed by atoms with Crippen molar-refractivity contribution in [3.05, 3.63) is 308 Å². The minimum atomic E-state index is -0.765. The van der Waals surface area contributed by atoms with Crippen molar-refractivity contribution in [3.63, 3.8) is 0 Å². The molecule has 5 nitrogen and oxygen atoms in total. The summed E-state index contributed by atoms with van der Waals surface area (Å²) in [4.78, 5) is 4.22. The molecule has 0 saturated carbocycles. The molecule has 0 spiro atoms. The van der Waals surface area contributed by atoms with E-state index in [4.69, 9.17) is 13.7 Å². The van der Waals surface area contributed by atoms with Crippen LogP contribution < -0.4 is 26.2 Å². The van der Waals surface area contributed by atoms with Gasteiger partial charge in [0.2, 0.25) is 0 Å². The Hall–Kier alpha value is -11.4. The first-order valence-corrected chi connectivity index (χ1v) is 29.3. The smallest absolute Gasteiger partial charge is 0.252 e. The van der Waals surface area contributed by atoms with Gasteiger partial charge in [-0.1, -0.05) is 227 Å². The van der Waals surface area contributed by atoms with Gasteiger partial charge < -0.3 is 18.9 Å². The lowest BCUT2D eigenvalue weighted by Crippen LogP contribution is -2.61. The quantitative estimate of drug-likeness (QED) is 0.142. The minimum absolute atomic E-state index is 0.0132. The topological polar surface area (TPSA) is 40.1 Å². The molecule has 0 saturated heterocycles. The van der Waals surface area contributed by atoms with Gasteiger partial charge in [0.25, 0.3) is 6.71 Å². The van der Waals surface area contributed by atoms with Crippen molar-refractivity contribution in [3.8, 4) is 62.0 Å². The van der Waals surface area contributed by atoms with E-state index in [1.54, 1.807) is 30.3 Å². The van der Waals surface area contributed by atoms with Crippen LogP contribution in [0.3, 0.4) is 0 Å². The number of nitriles is 1. The van der Waals surface area contributed by atoms with Crippen molar-refractivity contribution in [1.82, 2.24) is 9.13 Å². The molecule has 0 aliphatic carbocycles. The van der Waals surface area contributed by atoms with Crippen molar-refractivity contribution in [2.45, 2.75) is 26.2 Å². The average molecular weight is 1150 g/mol. The van der Waals surface area contributed by atoms with Crippen LogP contribution in [0.15, 0.2) is 297 Å². The van der Waals surface area contributed by atoms with E-state index >= 15 is 0 Å². The summed E-state index contributed by atoms with van der Waals surface area (Å²) < 4.78 is 168. The summed E-state index contributed by atoms with van der Waals surface area (Å²) in [5.41, 5.74) is 11.5. The normalized spacial score (nSPS) is 15.4. The fourth-order valence-corrected chi connectivity index (χ4v) is 13.5. The maximum Gasteiger partial charge on any atom is 0.252 e. The molecule has 6 heteroatoms. The highest BCUT2D eigenvalue weighted by Gasteiger charge is 2.45. The molecule has 0 N–H and O–H groups in total. The first kappa shape index (κ1) is 36.6. The second-order valence-corrected chi connectivity index (χ2v) is 23.4. The van der Waals surface area contributed by atoms with Crippen LogP contribution in [0.4, 0.5) is 34.1 Å². The molecule has 13 aromatic carbocycles. The third kappa shape index (κ3) is 8.31. The molecule has 0 fully saturated rings. The van der Waals surface area contributed by atoms with E-state index in [0.29, 0.717) is 84.1 Å². The Morgan fingerprint density at radius 1 is 0.360 bits per heavy atom. The van der Waals surface area contributed by atoms with Crippen LogP contribution in [0, 0.1) is 11.3 Å². The molecule has 4 heterocycles. The Bertz CT molecular complexity index is 6350. The number of para-hydroxylation sites is 4. The molecule has 2 aromatic heterocycles. The monoisotopic (exact) mass is 1150 g/mol. The lowest BCUT2D eigenvalue weighted by Gasteiger charge is -2.45. The molecule has 15 aromatic rings. The van der Waals surface area contributed by atoms with Gasteiger partial charge >= 0.3 is 0 Å². The highest BCUT2D eigenvalue weighted by atomic mass is 15.2. The number of anilines is 6. The lowest BCUT2D eigenvalue weighted by molar-refractivity contribution is 0.590. The van der Waals surface area contributed by atoms with Crippen LogP contribution in [-0.4, -0.2) is 15.8 Å². The first-order chi connectivity index (χ1) is 51.2. The van der Waals surface area contributed by atoms with Crippen molar-refractivity contribution < 1.29 is 24.7 Å². The summed E-state index contributed by atoms with van der Waals surface area (Å²) in [7, 11) is 0. The fourth-order valence-electron chi connectivity index (χ4n) is 13.5. The van der Waals surface area contributed by atoms with E-state index in [2.05, 4.69) is 53.3 Å². The Morgan fingerprint density at radius 3 is 1.54 bits per heavy atom. The summed E-state index contributed by atoms with van der Waals surface area (Å²) in [5, 5.41) is 12.9. The van der Waals surface area contributed by atoms with Crippen LogP contribution in [0.1, 0.15) is 56.6 Å². The lowest BCUT2D eigenvalue weighted by atomic mass is 9.33. The van der Waals surface area contributed by atoms with Gasteiger partial charge in [0.05, 0.1) is 58.0 Å². The van der Waals surface area contributed by atoms with E-state index in [9.17, 15) is 16.2 Å². The van der Waals surface area contributed by atoms with Crippen molar-refractivity contribution in [1.29, 1.82) is 5.26 Å². The van der Waals surface area contributed by atoms with Gasteiger partial charge in [-0.05, 0) is 163 Å². The highest BCUT2D eigenvalue weighted by molar-refractivity contribution is 7.00. The molecular formula is C83H58BN5. The summed E-state index contributed by atoms with van der Waals surface area (Å²) in [5.74, 6) is 0. The zero-order valence-corrected chi connectivity index (χ0v) is 48.2. The molecule has 89 heavy (non-hydrogen) atoms. The van der Waals surface area contributed by atoms with Crippen LogP contribution in [0.2, 0.25) is 0 Å². The minimum Gasteiger partial charge on any atom is -0.311 e. The molecule has 0 radical (unpaired) electrons. The Balaban J connectivity index is 1.03. The van der Waals surface area contributed by atoms with Crippen molar-refractivity contribution in [2.75, 3.05) is 9.80 Å². The van der Waals surface area contributed by atoms with E-state index in [1.807, 2.05) is 146 Å². The standard InChI is InChI=1S/C83H58BN5/c1-83(2,3)61-49-80-82-81(50-61)88(64-46-59(55-25-9-5-10-26-55)45-60(47-64)66-30-14-13-29-65(66)56-27-11-6-12-28-56)79-52-63(86-73-35-19-15-31-67(73)68-32-16-20-36-74(68)86)42-44-72(79)84(82)71-43-40-57(54-23-7-4-8-24-54)48-78(71)87(80)62-41-39-58(53-85)77(51-62)89-75-37-21-17-33-69(75)70-34-18-22-38-76(70)89/h4-52H,1-3H3/i4D,6D,7D,8D,11D,12D,15D,16D,19D,20D,23D,24D,27D,28D,31D,32D,35D,36D. The van der Waals surface area contributed by atoms with Gasteiger partial charge in [-0.2, -0.15) is 5.26 Å². The first-order valence-electron chi connectivity index (χ1n) is 38.3. The third-order valence-corrected chi connectivity index (χ3v) is 17.5. The molecule has 0 atom stereocenters. The summed E-state index contributed by atoms with van der Waals surface area (Å²) >= 11 is 0. The number of rotatable bonds is 8. The highest BCUT2D eigenvalue weighted by Crippen LogP contribution is 2.50. The second kappa shape index (κ2) is 20.4. The van der Waals surface area contributed by atoms with Gasteiger partial charge in [-0.25, -0.2) is 0 Å². The second-order valence-electron chi connectivity index (χ2n) is 23.4. The van der Waals surface area contributed by atoms with Crippen LogP contribution >= 0.6 is 0 Å². The maximum absolute atomic E-state index is 11.3. The zero-order valence-electron chi connectivity index (χ0n) is 66.2. The van der Waals surface area contributed by atoms with Gasteiger partial charge in [0.15, 0.2) is 0 Å². The molecule has 0 amide bonds. The van der Waals surface area contributed by atoms with Crippen LogP contribution in [0.5, 0.6) is 0 Å². The van der Waals surface area contributed by atoms with E-state index in [-0.39, 0.29) is 38.6 Å². The molecule has 0 bridgehead atoms. The number of benzene rings is 13. The third-order valence-electron chi connectivity index (χ3n) is 17.5. The fraction of sp³-hybridized carbons (Fsp3) is 0.0482. The van der Waals surface area contributed by atoms with Gasteiger partial charge in [-0.15, -0.1) is 0 Å². The molecule has 17 rings (SSSR count). The maximum atomic E-state index is 11.3. The molecule has 418 valence electrons. The van der Waals surface area contributed by atoms with Gasteiger partial charge in [-0.3, -0.25) is 0 Å². The SMILES string of the molecule is [2H]c1c([2H])c([2H])c(-c2ccc3c(c2)N(c2ccc(C#N)c(-n4c5ccccc5c5ccccc54)c2)c2cc(C(C)(C)C)cc4c2B3c2ccc(-n3c5c([2H])c([2H])c([2H])c([2H])c5c5c([2H])c([2H])c([2H])c([2H])c53)cc2N4c2cc(-c3ccccc3)cc(-c3ccccc3-c3c([2H])c([2H])c([2H])c([2H])c3[2H])c2)c([2H])c1[2H]. The van der Waals surface area contributed by atoms with Gasteiger partial charge in [0, 0.05) is 61.4 Å². The number of hydrogen-bond donors (Lipinski definition) is 0. The predicted octanol–water partition coefficient (Wildman–Crippen LogP) is 19.8. The number of fused-ring (bicyclic) bond motifs is 10. The summed E-state index contributed by atoms with van der Waals surface area (Å²) in [6.45, 7) is 5.51. The summed E-state index contributed by atoms with van der Waals surface area (Å²) in [6, 6.07) is 53.1. The van der Waals surface area contributed by atoms with E-state index < -0.39 is 121 Å². The van der Waals surface area contributed by atoms with Crippen LogP contribution in [0.25, 0.3) is 99.5 Å². The molecule has 2 aliphatic heterocycles. The van der Waals surface area contributed by atoms with Crippen LogP contribution in [-0.2, 0) is 5.41 Å². The zero-order chi connectivity index (χ0) is 75.1. The number of hydrogen-bond acceptors (Lipinski definition) is 3. The van der Waals surface area contributed by atoms with E-state index in [1.165, 1.54) is 4.57 Å². The van der Waals surface area contributed by atoms with Gasteiger partial charge in [0.1, 0.15) is 6.07 Å². The predicted molar refractivity (Wildman–Crippen MR) is 374 cm³/mol. The van der Waals surface area contributed by atoms with Crippen molar-refractivity contribution >= 4 is 101 Å². The Morgan fingerprint density at radius 2 is 0.888 bits per heavy atom. The van der Waals surface area contributed by atoms with Crippen molar-refractivity contribution in [2.24, 2.45) is 0 Å². The number of aromatic nitrogens is 2. The Labute approximate surface area is 543 Å². The number of nitrogens with zero attached hydrogens (tertiary/aromatic N) is 5.